The first-order valence-corrected chi connectivity index (χ1v) is 9.25. The molecule has 0 saturated carbocycles. The van der Waals surface area contributed by atoms with E-state index in [9.17, 15) is 13.2 Å². The molecular formula is C15H12N2O3S2. The Morgan fingerprint density at radius 1 is 1.14 bits per heavy atom. The first kappa shape index (κ1) is 14.8. The topological polar surface area (TPSA) is 79.9 Å². The highest BCUT2D eigenvalue weighted by Gasteiger charge is 2.18. The van der Waals surface area contributed by atoms with Crippen molar-refractivity contribution in [1.82, 2.24) is 9.97 Å². The first-order chi connectivity index (χ1) is 10.5. The summed E-state index contributed by atoms with van der Waals surface area (Å²) in [5, 5.41) is 0.684. The predicted molar refractivity (Wildman–Crippen MR) is 86.6 cm³/mol. The van der Waals surface area contributed by atoms with Gasteiger partial charge in [0.1, 0.15) is 0 Å². The van der Waals surface area contributed by atoms with Crippen LogP contribution in [-0.2, 0) is 8.87 Å². The zero-order valence-electron chi connectivity index (χ0n) is 11.6. The Morgan fingerprint density at radius 3 is 2.59 bits per heavy atom. The van der Waals surface area contributed by atoms with E-state index in [-0.39, 0.29) is 9.79 Å². The molecule has 0 spiro atoms. The summed E-state index contributed by atoms with van der Waals surface area (Å²) < 4.78 is 24.8. The molecule has 5 nitrogen and oxygen atoms in total. The highest BCUT2D eigenvalue weighted by Crippen LogP contribution is 2.29. The van der Waals surface area contributed by atoms with Crippen LogP contribution in [0, 0.1) is 6.92 Å². The summed E-state index contributed by atoms with van der Waals surface area (Å²) >= 11 is 0. The van der Waals surface area contributed by atoms with Crippen LogP contribution in [0.3, 0.4) is 0 Å². The number of nitrogens with one attached hydrogen (secondary N) is 1. The van der Waals surface area contributed by atoms with E-state index in [1.165, 1.54) is 18.2 Å². The summed E-state index contributed by atoms with van der Waals surface area (Å²) in [7, 11) is -3.10. The molecule has 2 heterocycles. The number of aryl methyl sites for hydroxylation is 1. The summed E-state index contributed by atoms with van der Waals surface area (Å²) in [5.41, 5.74) is 1.16. The van der Waals surface area contributed by atoms with Gasteiger partial charge in [-0.25, -0.2) is 8.42 Å². The van der Waals surface area contributed by atoms with Gasteiger partial charge < -0.3 is 4.98 Å². The maximum Gasteiger partial charge on any atom is 0.263 e. The van der Waals surface area contributed by atoms with Gasteiger partial charge in [0.05, 0.1) is 15.3 Å². The number of fused-ring (bicyclic) bond motifs is 1. The number of hydrogen-bond donors (Lipinski definition) is 1. The maximum atomic E-state index is 12.4. The van der Waals surface area contributed by atoms with E-state index < -0.39 is 14.4 Å². The number of rotatable bonds is 3. The van der Waals surface area contributed by atoms with Crippen molar-refractivity contribution in [3.8, 4) is 0 Å². The minimum Gasteiger partial charge on any atom is -0.321 e. The van der Waals surface area contributed by atoms with E-state index >= 15 is 0 Å². The summed E-state index contributed by atoms with van der Waals surface area (Å²) in [4.78, 5) is 19.0. The van der Waals surface area contributed by atoms with Crippen LogP contribution in [0.2, 0.25) is 0 Å². The molecular weight excluding hydrogens is 320 g/mol. The number of H-pyrrole nitrogens is 1. The van der Waals surface area contributed by atoms with Crippen LogP contribution in [-0.4, -0.2) is 18.4 Å². The Labute approximate surface area is 130 Å². The third-order valence-electron chi connectivity index (χ3n) is 3.12. The van der Waals surface area contributed by atoms with Gasteiger partial charge >= 0.3 is 0 Å². The average molecular weight is 332 g/mol. The fourth-order valence-electron chi connectivity index (χ4n) is 1.96. The van der Waals surface area contributed by atoms with E-state index in [4.69, 9.17) is 0 Å². The average Bonchev–Trinajstić information content (AvgIpc) is 2.48. The molecule has 7 heteroatoms. The Bertz CT molecular complexity index is 993. The lowest BCUT2D eigenvalue weighted by Crippen LogP contribution is -2.10. The van der Waals surface area contributed by atoms with Gasteiger partial charge in [-0.2, -0.15) is 0 Å². The zero-order chi connectivity index (χ0) is 15.7. The van der Waals surface area contributed by atoms with Crippen LogP contribution in [0.4, 0.5) is 0 Å². The van der Waals surface area contributed by atoms with Crippen LogP contribution in [0.25, 0.3) is 10.9 Å². The van der Waals surface area contributed by atoms with Crippen molar-refractivity contribution in [2.24, 2.45) is 0 Å². The molecule has 0 aliphatic carbocycles. The fourth-order valence-corrected chi connectivity index (χ4v) is 4.77. The third-order valence-corrected chi connectivity index (χ3v) is 6.45. The molecule has 0 aliphatic rings. The molecule has 0 fully saturated rings. The molecule has 2 aromatic heterocycles. The van der Waals surface area contributed by atoms with Gasteiger partial charge in [0.2, 0.25) is 8.87 Å². The number of pyridine rings is 2. The summed E-state index contributed by atoms with van der Waals surface area (Å²) in [6.07, 6.45) is 3.14. The van der Waals surface area contributed by atoms with Gasteiger partial charge in [0, 0.05) is 28.6 Å². The lowest BCUT2D eigenvalue weighted by Gasteiger charge is -2.05. The molecule has 0 atom stereocenters. The van der Waals surface area contributed by atoms with Crippen molar-refractivity contribution >= 4 is 30.6 Å². The molecule has 1 N–H and O–H groups in total. The molecule has 0 saturated heterocycles. The Kier molecular flexibility index (Phi) is 3.76. The van der Waals surface area contributed by atoms with Crippen LogP contribution in [0.5, 0.6) is 0 Å². The van der Waals surface area contributed by atoms with Crippen molar-refractivity contribution in [3.63, 3.8) is 0 Å². The molecule has 0 unspecified atom stereocenters. The summed E-state index contributed by atoms with van der Waals surface area (Å²) in [5.74, 6) is 0. The lowest BCUT2D eigenvalue weighted by molar-refractivity contribution is 0.610. The molecule has 0 bridgehead atoms. The van der Waals surface area contributed by atoms with Gasteiger partial charge in [-0.05, 0) is 31.2 Å². The summed E-state index contributed by atoms with van der Waals surface area (Å²) in [6, 6.07) is 9.73. The predicted octanol–water partition coefficient (Wildman–Crippen LogP) is 2.71. The van der Waals surface area contributed by atoms with E-state index in [1.54, 1.807) is 30.6 Å². The summed E-state index contributed by atoms with van der Waals surface area (Å²) in [6.45, 7) is 1.88. The quantitative estimate of drug-likeness (QED) is 0.746. The van der Waals surface area contributed by atoms with Gasteiger partial charge in [-0.15, -0.1) is 0 Å². The molecule has 22 heavy (non-hydrogen) atoms. The van der Waals surface area contributed by atoms with E-state index in [0.717, 1.165) is 5.56 Å². The van der Waals surface area contributed by atoms with E-state index in [1.807, 2.05) is 6.92 Å². The molecule has 1 aromatic carbocycles. The molecule has 3 aromatic rings. The van der Waals surface area contributed by atoms with Crippen molar-refractivity contribution in [3.05, 3.63) is 64.7 Å². The number of aromatic nitrogens is 2. The smallest absolute Gasteiger partial charge is 0.263 e. The Morgan fingerprint density at radius 2 is 1.86 bits per heavy atom. The van der Waals surface area contributed by atoms with E-state index in [0.29, 0.717) is 21.7 Å². The van der Waals surface area contributed by atoms with E-state index in [2.05, 4.69) is 9.97 Å². The Balaban J connectivity index is 2.03. The van der Waals surface area contributed by atoms with Crippen LogP contribution in [0.15, 0.2) is 63.4 Å². The zero-order valence-corrected chi connectivity index (χ0v) is 13.2. The first-order valence-electron chi connectivity index (χ1n) is 6.44. The second-order valence-electron chi connectivity index (χ2n) is 4.78. The van der Waals surface area contributed by atoms with Crippen LogP contribution < -0.4 is 5.56 Å². The fraction of sp³-hybridized carbons (Fsp3) is 0.0667. The van der Waals surface area contributed by atoms with Gasteiger partial charge in [0.25, 0.3) is 5.56 Å². The lowest BCUT2D eigenvalue weighted by atomic mass is 10.2. The minimum atomic E-state index is -3.64. The van der Waals surface area contributed by atoms with Crippen LogP contribution >= 0.6 is 10.8 Å². The second kappa shape index (κ2) is 5.58. The number of aromatic amines is 1. The standard InChI is InChI=1S/C15H12N2O3S2/c1-10-2-4-12(5-3-10)22(19,20)21-14-8-11-9-16-7-6-13(11)17-15(14)18/h2-9H,1H3,(H,17,18). The minimum absolute atomic E-state index is 0.126. The second-order valence-corrected chi connectivity index (χ2v) is 8.58. The Hall–Kier alpha value is -2.12. The number of hydrogen-bond acceptors (Lipinski definition) is 5. The normalized spacial score (nSPS) is 11.7. The maximum absolute atomic E-state index is 12.4. The molecule has 0 amide bonds. The molecule has 3 rings (SSSR count). The van der Waals surface area contributed by atoms with Crippen LogP contribution in [0.1, 0.15) is 5.56 Å². The third kappa shape index (κ3) is 2.90. The SMILES string of the molecule is Cc1ccc(S(=O)(=O)Sc2cc3cnccc3[nH]c2=O)cc1. The molecule has 0 radical (unpaired) electrons. The molecule has 0 aliphatic heterocycles. The molecule has 112 valence electrons. The van der Waals surface area contributed by atoms with Crippen molar-refractivity contribution in [1.29, 1.82) is 0 Å². The monoisotopic (exact) mass is 332 g/mol. The van der Waals surface area contributed by atoms with Crippen molar-refractivity contribution in [2.45, 2.75) is 16.7 Å². The van der Waals surface area contributed by atoms with Crippen molar-refractivity contribution in [2.75, 3.05) is 0 Å². The number of benzene rings is 1. The largest absolute Gasteiger partial charge is 0.321 e. The highest BCUT2D eigenvalue weighted by atomic mass is 33.1. The van der Waals surface area contributed by atoms with Gasteiger partial charge in [-0.1, -0.05) is 17.7 Å². The number of nitrogens with zero attached hydrogens (tertiary/aromatic N) is 1. The van der Waals surface area contributed by atoms with Gasteiger partial charge in [0.15, 0.2) is 0 Å². The van der Waals surface area contributed by atoms with Crippen molar-refractivity contribution < 1.29 is 8.42 Å². The van der Waals surface area contributed by atoms with Gasteiger partial charge in [-0.3, -0.25) is 9.78 Å². The highest BCUT2D eigenvalue weighted by molar-refractivity contribution is 8.72.